The molecule has 1 fully saturated rings. The second-order valence-electron chi connectivity index (χ2n) is 4.48. The first kappa shape index (κ1) is 12.6. The van der Waals surface area contributed by atoms with E-state index in [0.29, 0.717) is 0 Å². The number of thioether (sulfide) groups is 1. The van der Waals surface area contributed by atoms with Crippen LogP contribution in [0.4, 0.5) is 11.4 Å². The summed E-state index contributed by atoms with van der Waals surface area (Å²) in [4.78, 5) is 2.50. The SMILES string of the molecule is CSCCCNc1ccccc1N1CCCC1. The minimum atomic E-state index is 1.08. The molecular weight excluding hydrogens is 228 g/mol. The van der Waals surface area contributed by atoms with Crippen LogP contribution in [0.1, 0.15) is 19.3 Å². The van der Waals surface area contributed by atoms with E-state index in [1.54, 1.807) is 0 Å². The molecule has 1 saturated heterocycles. The summed E-state index contributed by atoms with van der Waals surface area (Å²) >= 11 is 1.92. The van der Waals surface area contributed by atoms with Crippen molar-refractivity contribution in [3.8, 4) is 0 Å². The van der Waals surface area contributed by atoms with Crippen LogP contribution in [0.25, 0.3) is 0 Å². The molecule has 1 N–H and O–H groups in total. The second kappa shape index (κ2) is 6.80. The molecule has 1 aliphatic heterocycles. The largest absolute Gasteiger partial charge is 0.383 e. The second-order valence-corrected chi connectivity index (χ2v) is 5.47. The van der Waals surface area contributed by atoms with Crippen molar-refractivity contribution in [1.29, 1.82) is 0 Å². The predicted molar refractivity (Wildman–Crippen MR) is 79.4 cm³/mol. The number of para-hydroxylation sites is 2. The molecule has 0 atom stereocenters. The average molecular weight is 250 g/mol. The zero-order valence-electron chi connectivity index (χ0n) is 10.6. The Kier molecular flexibility index (Phi) is 5.05. The highest BCUT2D eigenvalue weighted by Gasteiger charge is 2.14. The number of anilines is 2. The standard InChI is InChI=1S/C14H22N2S/c1-17-12-6-9-15-13-7-2-3-8-14(13)16-10-4-5-11-16/h2-3,7-8,15H,4-6,9-12H2,1H3. The van der Waals surface area contributed by atoms with E-state index in [4.69, 9.17) is 0 Å². The van der Waals surface area contributed by atoms with E-state index >= 15 is 0 Å². The van der Waals surface area contributed by atoms with Crippen LogP contribution in [-0.4, -0.2) is 31.6 Å². The lowest BCUT2D eigenvalue weighted by atomic mass is 10.2. The minimum absolute atomic E-state index is 1.08. The molecule has 94 valence electrons. The maximum Gasteiger partial charge on any atom is 0.0602 e. The van der Waals surface area contributed by atoms with Gasteiger partial charge in [0.25, 0.3) is 0 Å². The first-order valence-corrected chi connectivity index (χ1v) is 7.88. The summed E-state index contributed by atoms with van der Waals surface area (Å²) in [6.45, 7) is 3.50. The predicted octanol–water partition coefficient (Wildman–Crippen LogP) is 3.45. The van der Waals surface area contributed by atoms with Gasteiger partial charge < -0.3 is 10.2 Å². The monoisotopic (exact) mass is 250 g/mol. The van der Waals surface area contributed by atoms with E-state index in [2.05, 4.69) is 40.7 Å². The smallest absolute Gasteiger partial charge is 0.0602 e. The van der Waals surface area contributed by atoms with Gasteiger partial charge in [-0.2, -0.15) is 11.8 Å². The number of rotatable bonds is 6. The Morgan fingerprint density at radius 1 is 1.24 bits per heavy atom. The third-order valence-electron chi connectivity index (χ3n) is 3.19. The van der Waals surface area contributed by atoms with Crippen LogP contribution < -0.4 is 10.2 Å². The Morgan fingerprint density at radius 3 is 2.76 bits per heavy atom. The summed E-state index contributed by atoms with van der Waals surface area (Å²) in [5.74, 6) is 1.24. The van der Waals surface area contributed by atoms with Gasteiger partial charge in [-0.25, -0.2) is 0 Å². The Morgan fingerprint density at radius 2 is 2.00 bits per heavy atom. The normalized spacial score (nSPS) is 15.2. The molecule has 0 unspecified atom stereocenters. The maximum atomic E-state index is 3.57. The number of benzene rings is 1. The molecule has 2 nitrogen and oxygen atoms in total. The van der Waals surface area contributed by atoms with Gasteiger partial charge >= 0.3 is 0 Å². The van der Waals surface area contributed by atoms with Crippen molar-refractivity contribution in [3.63, 3.8) is 0 Å². The van der Waals surface area contributed by atoms with Crippen LogP contribution in [0.2, 0.25) is 0 Å². The van der Waals surface area contributed by atoms with Crippen LogP contribution in [0.3, 0.4) is 0 Å². The molecule has 1 heterocycles. The van der Waals surface area contributed by atoms with Crippen molar-refractivity contribution in [2.24, 2.45) is 0 Å². The first-order valence-electron chi connectivity index (χ1n) is 6.48. The molecule has 0 radical (unpaired) electrons. The van der Waals surface area contributed by atoms with E-state index in [-0.39, 0.29) is 0 Å². The topological polar surface area (TPSA) is 15.3 Å². The van der Waals surface area contributed by atoms with Crippen molar-refractivity contribution in [3.05, 3.63) is 24.3 Å². The van der Waals surface area contributed by atoms with Crippen LogP contribution in [0, 0.1) is 0 Å². The highest BCUT2D eigenvalue weighted by Crippen LogP contribution is 2.28. The van der Waals surface area contributed by atoms with Crippen LogP contribution in [-0.2, 0) is 0 Å². The van der Waals surface area contributed by atoms with Crippen molar-refractivity contribution in [2.75, 3.05) is 41.9 Å². The fourth-order valence-corrected chi connectivity index (χ4v) is 2.73. The van der Waals surface area contributed by atoms with E-state index in [1.165, 1.54) is 49.5 Å². The molecule has 1 aromatic carbocycles. The molecule has 0 aromatic heterocycles. The van der Waals surface area contributed by atoms with Gasteiger partial charge in [0.2, 0.25) is 0 Å². The molecule has 3 heteroatoms. The number of hydrogen-bond donors (Lipinski definition) is 1. The Hall–Kier alpha value is -0.830. The number of nitrogens with zero attached hydrogens (tertiary/aromatic N) is 1. The molecule has 0 saturated carbocycles. The van der Waals surface area contributed by atoms with E-state index in [9.17, 15) is 0 Å². The molecule has 1 aliphatic rings. The summed E-state index contributed by atoms with van der Waals surface area (Å²) in [5, 5.41) is 3.57. The van der Waals surface area contributed by atoms with E-state index in [1.807, 2.05) is 11.8 Å². The first-order chi connectivity index (χ1) is 8.42. The highest BCUT2D eigenvalue weighted by molar-refractivity contribution is 7.98. The third-order valence-corrected chi connectivity index (χ3v) is 3.89. The summed E-state index contributed by atoms with van der Waals surface area (Å²) in [6, 6.07) is 8.70. The van der Waals surface area contributed by atoms with Gasteiger partial charge in [-0.15, -0.1) is 0 Å². The van der Waals surface area contributed by atoms with Crippen molar-refractivity contribution in [1.82, 2.24) is 0 Å². The highest BCUT2D eigenvalue weighted by atomic mass is 32.2. The molecule has 0 amide bonds. The third kappa shape index (κ3) is 3.56. The van der Waals surface area contributed by atoms with E-state index < -0.39 is 0 Å². The van der Waals surface area contributed by atoms with Gasteiger partial charge in [0.05, 0.1) is 11.4 Å². The summed E-state index contributed by atoms with van der Waals surface area (Å²) in [5.41, 5.74) is 2.68. The molecular formula is C14H22N2S. The van der Waals surface area contributed by atoms with Crippen LogP contribution in [0.5, 0.6) is 0 Å². The van der Waals surface area contributed by atoms with Crippen LogP contribution >= 0.6 is 11.8 Å². The Balaban J connectivity index is 1.95. The quantitative estimate of drug-likeness (QED) is 0.779. The van der Waals surface area contributed by atoms with Crippen molar-refractivity contribution < 1.29 is 0 Å². The van der Waals surface area contributed by atoms with Gasteiger partial charge in [-0.05, 0) is 43.4 Å². The lowest BCUT2D eigenvalue weighted by Gasteiger charge is -2.21. The average Bonchev–Trinajstić information content (AvgIpc) is 2.89. The fourth-order valence-electron chi connectivity index (χ4n) is 2.30. The van der Waals surface area contributed by atoms with Gasteiger partial charge in [0, 0.05) is 19.6 Å². The van der Waals surface area contributed by atoms with Crippen molar-refractivity contribution in [2.45, 2.75) is 19.3 Å². The van der Waals surface area contributed by atoms with Gasteiger partial charge in [0.15, 0.2) is 0 Å². The Labute approximate surface area is 109 Å². The summed E-state index contributed by atoms with van der Waals surface area (Å²) < 4.78 is 0. The lowest BCUT2D eigenvalue weighted by molar-refractivity contribution is 0.949. The molecule has 0 aliphatic carbocycles. The molecule has 17 heavy (non-hydrogen) atoms. The van der Waals surface area contributed by atoms with Gasteiger partial charge in [0.1, 0.15) is 0 Å². The molecule has 1 aromatic rings. The van der Waals surface area contributed by atoms with E-state index in [0.717, 1.165) is 6.54 Å². The zero-order valence-corrected chi connectivity index (χ0v) is 11.4. The van der Waals surface area contributed by atoms with Gasteiger partial charge in [-0.3, -0.25) is 0 Å². The van der Waals surface area contributed by atoms with Crippen molar-refractivity contribution >= 4 is 23.1 Å². The molecule has 2 rings (SSSR count). The Bertz CT molecular complexity index is 335. The molecule has 0 spiro atoms. The maximum absolute atomic E-state index is 3.57. The summed E-state index contributed by atoms with van der Waals surface area (Å²) in [6.07, 6.45) is 6.06. The van der Waals surface area contributed by atoms with Gasteiger partial charge in [-0.1, -0.05) is 12.1 Å². The zero-order chi connectivity index (χ0) is 11.9. The summed E-state index contributed by atoms with van der Waals surface area (Å²) in [7, 11) is 0. The number of hydrogen-bond acceptors (Lipinski definition) is 3. The fraction of sp³-hybridized carbons (Fsp3) is 0.571. The number of nitrogens with one attached hydrogen (secondary N) is 1. The molecule has 0 bridgehead atoms. The van der Waals surface area contributed by atoms with Crippen LogP contribution in [0.15, 0.2) is 24.3 Å². The lowest BCUT2D eigenvalue weighted by Crippen LogP contribution is -2.19. The minimum Gasteiger partial charge on any atom is -0.383 e.